The Balaban J connectivity index is 1.54. The first-order valence-corrected chi connectivity index (χ1v) is 9.08. The van der Waals surface area contributed by atoms with Crippen LogP contribution in [0.3, 0.4) is 0 Å². The third-order valence-electron chi connectivity index (χ3n) is 3.46. The van der Waals surface area contributed by atoms with Crippen LogP contribution < -0.4 is 14.8 Å². The molecule has 0 spiro atoms. The maximum absolute atomic E-state index is 12.2. The van der Waals surface area contributed by atoms with Crippen molar-refractivity contribution >= 4 is 34.2 Å². The van der Waals surface area contributed by atoms with Crippen molar-refractivity contribution in [3.05, 3.63) is 35.2 Å². The zero-order valence-electron chi connectivity index (χ0n) is 12.2. The zero-order valence-corrected chi connectivity index (χ0v) is 13.8. The maximum Gasteiger partial charge on any atom is 0.267 e. The molecule has 2 aromatic rings. The van der Waals surface area contributed by atoms with Gasteiger partial charge in [-0.1, -0.05) is 11.8 Å². The summed E-state index contributed by atoms with van der Waals surface area (Å²) in [5.41, 5.74) is 1.02. The molecule has 0 radical (unpaired) electrons. The van der Waals surface area contributed by atoms with E-state index in [-0.39, 0.29) is 5.91 Å². The number of thioether (sulfide) groups is 1. The van der Waals surface area contributed by atoms with Gasteiger partial charge in [-0.05, 0) is 35.9 Å². The number of rotatable bonds is 2. The lowest BCUT2D eigenvalue weighted by molar-refractivity contribution is 0.0982. The first kappa shape index (κ1) is 14.6. The van der Waals surface area contributed by atoms with E-state index in [0.717, 1.165) is 34.2 Å². The molecule has 5 nitrogen and oxygen atoms in total. The molecule has 23 heavy (non-hydrogen) atoms. The molecule has 1 amide bonds. The molecule has 4 rings (SSSR count). The number of nitrogens with one attached hydrogen (secondary N) is 1. The van der Waals surface area contributed by atoms with Crippen molar-refractivity contribution in [1.82, 2.24) is 5.32 Å². The summed E-state index contributed by atoms with van der Waals surface area (Å²) in [7, 11) is 0. The molecule has 1 N–H and O–H groups in total. The number of thiophene rings is 1. The SMILES string of the molecule is O=C(NC1=NCCS1)c1ccc(-c2ccc3c(c2)OCCO3)s1. The highest BCUT2D eigenvalue weighted by Crippen LogP contribution is 2.36. The quantitative estimate of drug-likeness (QED) is 0.908. The van der Waals surface area contributed by atoms with Crippen molar-refractivity contribution in [2.75, 3.05) is 25.5 Å². The van der Waals surface area contributed by atoms with Gasteiger partial charge in [-0.25, -0.2) is 0 Å². The van der Waals surface area contributed by atoms with Crippen molar-refractivity contribution < 1.29 is 14.3 Å². The standard InChI is InChI=1S/C16H14N2O3S2/c19-15(18-16-17-5-8-22-16)14-4-3-13(23-14)10-1-2-11-12(9-10)21-7-6-20-11/h1-4,9H,5-8H2,(H,17,18,19). The fraction of sp³-hybridized carbons (Fsp3) is 0.250. The summed E-state index contributed by atoms with van der Waals surface area (Å²) in [6.45, 7) is 1.92. The molecule has 1 aromatic heterocycles. The van der Waals surface area contributed by atoms with Gasteiger partial charge in [0.2, 0.25) is 0 Å². The van der Waals surface area contributed by atoms with E-state index in [4.69, 9.17) is 9.47 Å². The third-order valence-corrected chi connectivity index (χ3v) is 5.49. The zero-order chi connectivity index (χ0) is 15.6. The van der Waals surface area contributed by atoms with Crippen LogP contribution in [0, 0.1) is 0 Å². The van der Waals surface area contributed by atoms with Crippen molar-refractivity contribution in [3.63, 3.8) is 0 Å². The number of fused-ring (bicyclic) bond motifs is 1. The van der Waals surface area contributed by atoms with Crippen molar-refractivity contribution in [2.24, 2.45) is 4.99 Å². The minimum atomic E-state index is -0.105. The number of nitrogens with zero attached hydrogens (tertiary/aromatic N) is 1. The maximum atomic E-state index is 12.2. The average Bonchev–Trinajstić information content (AvgIpc) is 3.26. The van der Waals surface area contributed by atoms with Crippen LogP contribution in [0.1, 0.15) is 9.67 Å². The molecular weight excluding hydrogens is 332 g/mol. The Morgan fingerprint density at radius 3 is 2.83 bits per heavy atom. The summed E-state index contributed by atoms with van der Waals surface area (Å²) in [4.78, 5) is 18.2. The molecule has 0 fully saturated rings. The molecule has 0 saturated carbocycles. The summed E-state index contributed by atoms with van der Waals surface area (Å²) in [6.07, 6.45) is 0. The van der Waals surface area contributed by atoms with Crippen LogP contribution in [0.5, 0.6) is 11.5 Å². The van der Waals surface area contributed by atoms with Gasteiger partial charge in [0, 0.05) is 10.6 Å². The van der Waals surface area contributed by atoms with Gasteiger partial charge >= 0.3 is 0 Å². The number of hydrogen-bond donors (Lipinski definition) is 1. The molecule has 0 aliphatic carbocycles. The van der Waals surface area contributed by atoms with Crippen LogP contribution in [0.4, 0.5) is 0 Å². The number of carbonyl (C=O) groups is 1. The molecule has 1 aromatic carbocycles. The number of hydrogen-bond acceptors (Lipinski definition) is 6. The Kier molecular flexibility index (Phi) is 3.97. The molecule has 118 valence electrons. The van der Waals surface area contributed by atoms with Crippen LogP contribution in [0.25, 0.3) is 10.4 Å². The van der Waals surface area contributed by atoms with E-state index < -0.39 is 0 Å². The third kappa shape index (κ3) is 3.07. The molecule has 2 aliphatic heterocycles. The Labute approximate surface area is 141 Å². The monoisotopic (exact) mass is 346 g/mol. The van der Waals surface area contributed by atoms with Crippen molar-refractivity contribution in [3.8, 4) is 21.9 Å². The molecule has 0 unspecified atom stereocenters. The normalized spacial score (nSPS) is 16.1. The lowest BCUT2D eigenvalue weighted by Gasteiger charge is -2.18. The predicted molar refractivity (Wildman–Crippen MR) is 93.0 cm³/mol. The van der Waals surface area contributed by atoms with Gasteiger partial charge in [0.05, 0.1) is 11.4 Å². The van der Waals surface area contributed by atoms with E-state index in [0.29, 0.717) is 23.3 Å². The van der Waals surface area contributed by atoms with E-state index in [1.165, 1.54) is 11.3 Å². The topological polar surface area (TPSA) is 59.9 Å². The van der Waals surface area contributed by atoms with Crippen LogP contribution in [0.15, 0.2) is 35.3 Å². The molecule has 3 heterocycles. The summed E-state index contributed by atoms with van der Waals surface area (Å²) in [6, 6.07) is 9.64. The lowest BCUT2D eigenvalue weighted by Crippen LogP contribution is -2.26. The molecule has 2 aliphatic rings. The van der Waals surface area contributed by atoms with Crippen LogP contribution >= 0.6 is 23.1 Å². The first-order valence-electron chi connectivity index (χ1n) is 7.28. The van der Waals surface area contributed by atoms with Gasteiger partial charge < -0.3 is 14.8 Å². The van der Waals surface area contributed by atoms with Gasteiger partial charge in [0.25, 0.3) is 5.91 Å². The number of carbonyl (C=O) groups excluding carboxylic acids is 1. The van der Waals surface area contributed by atoms with E-state index in [1.54, 1.807) is 11.8 Å². The fourth-order valence-corrected chi connectivity index (χ4v) is 4.00. The van der Waals surface area contributed by atoms with Gasteiger partial charge in [0.1, 0.15) is 13.2 Å². The fourth-order valence-electron chi connectivity index (χ4n) is 2.38. The van der Waals surface area contributed by atoms with Crippen LogP contribution in [0.2, 0.25) is 0 Å². The van der Waals surface area contributed by atoms with E-state index in [9.17, 15) is 4.79 Å². The minimum Gasteiger partial charge on any atom is -0.486 e. The summed E-state index contributed by atoms with van der Waals surface area (Å²) >= 11 is 3.03. The van der Waals surface area contributed by atoms with Crippen LogP contribution in [-0.2, 0) is 0 Å². The smallest absolute Gasteiger partial charge is 0.267 e. The predicted octanol–water partition coefficient (Wildman–Crippen LogP) is 3.02. The Morgan fingerprint density at radius 1 is 1.13 bits per heavy atom. The largest absolute Gasteiger partial charge is 0.486 e. The second kappa shape index (κ2) is 6.25. The Bertz CT molecular complexity index is 785. The molecule has 7 heteroatoms. The summed E-state index contributed by atoms with van der Waals surface area (Å²) < 4.78 is 11.1. The van der Waals surface area contributed by atoms with E-state index in [2.05, 4.69) is 10.3 Å². The highest BCUT2D eigenvalue weighted by atomic mass is 32.2. The first-order chi connectivity index (χ1) is 11.3. The highest BCUT2D eigenvalue weighted by molar-refractivity contribution is 8.14. The Hall–Kier alpha value is -1.99. The van der Waals surface area contributed by atoms with Gasteiger partial charge in [-0.2, -0.15) is 0 Å². The lowest BCUT2D eigenvalue weighted by atomic mass is 10.1. The molecule has 0 atom stereocenters. The number of aliphatic imine (C=N–C) groups is 1. The summed E-state index contributed by atoms with van der Waals surface area (Å²) in [5.74, 6) is 2.35. The van der Waals surface area contributed by atoms with E-state index in [1.807, 2.05) is 30.3 Å². The number of amidine groups is 1. The second-order valence-corrected chi connectivity index (χ2v) is 7.18. The van der Waals surface area contributed by atoms with Crippen LogP contribution in [-0.4, -0.2) is 36.6 Å². The number of ether oxygens (including phenoxy) is 2. The molecule has 0 bridgehead atoms. The molecule has 0 saturated heterocycles. The average molecular weight is 346 g/mol. The molecular formula is C16H14N2O3S2. The van der Waals surface area contributed by atoms with Gasteiger partial charge in [-0.15, -0.1) is 11.3 Å². The Morgan fingerprint density at radius 2 is 2.00 bits per heavy atom. The van der Waals surface area contributed by atoms with Crippen molar-refractivity contribution in [2.45, 2.75) is 0 Å². The number of benzene rings is 1. The van der Waals surface area contributed by atoms with Crippen molar-refractivity contribution in [1.29, 1.82) is 0 Å². The van der Waals surface area contributed by atoms with E-state index >= 15 is 0 Å². The second-order valence-electron chi connectivity index (χ2n) is 5.01. The van der Waals surface area contributed by atoms with Gasteiger partial charge in [-0.3, -0.25) is 9.79 Å². The number of amides is 1. The highest BCUT2D eigenvalue weighted by Gasteiger charge is 2.16. The minimum absolute atomic E-state index is 0.105. The van der Waals surface area contributed by atoms with Gasteiger partial charge in [0.15, 0.2) is 16.7 Å². The summed E-state index contributed by atoms with van der Waals surface area (Å²) in [5, 5.41) is 3.56.